The molecule has 0 saturated heterocycles. The Kier molecular flexibility index (Phi) is 5.40. The third-order valence-corrected chi connectivity index (χ3v) is 4.97. The van der Waals surface area contributed by atoms with E-state index in [1.807, 2.05) is 55.5 Å². The third kappa shape index (κ3) is 3.97. The van der Waals surface area contributed by atoms with Crippen molar-refractivity contribution in [3.8, 4) is 34.0 Å². The van der Waals surface area contributed by atoms with Crippen molar-refractivity contribution in [1.82, 2.24) is 19.6 Å². The Morgan fingerprint density at radius 1 is 0.968 bits per heavy atom. The van der Waals surface area contributed by atoms with E-state index in [2.05, 4.69) is 5.10 Å². The van der Waals surface area contributed by atoms with Gasteiger partial charge in [-0.1, -0.05) is 24.3 Å². The minimum Gasteiger partial charge on any atom is -0.497 e. The third-order valence-electron chi connectivity index (χ3n) is 4.97. The van der Waals surface area contributed by atoms with Crippen molar-refractivity contribution in [2.24, 2.45) is 0 Å². The molecular weight excluding hydrogens is 398 g/mol. The molecule has 0 aliphatic rings. The van der Waals surface area contributed by atoms with Crippen molar-refractivity contribution in [2.45, 2.75) is 13.6 Å². The van der Waals surface area contributed by atoms with Gasteiger partial charge in [0.25, 0.3) is 0 Å². The molecule has 0 bridgehead atoms. The summed E-state index contributed by atoms with van der Waals surface area (Å²) in [6.07, 6.45) is 1.57. The lowest BCUT2D eigenvalue weighted by atomic mass is 10.0. The number of methoxy groups -OCH3 is 2. The van der Waals surface area contributed by atoms with Crippen LogP contribution in [-0.2, 0) is 6.67 Å². The van der Waals surface area contributed by atoms with E-state index in [1.54, 1.807) is 25.1 Å². The van der Waals surface area contributed by atoms with Gasteiger partial charge >= 0.3 is 5.82 Å². The van der Waals surface area contributed by atoms with Gasteiger partial charge in [0, 0.05) is 16.7 Å². The molecule has 9 heteroatoms. The van der Waals surface area contributed by atoms with Crippen LogP contribution in [0.5, 0.6) is 11.5 Å². The molecule has 2 heterocycles. The number of nitrogens with zero attached hydrogens (tertiary/aromatic N) is 5. The first-order valence-corrected chi connectivity index (χ1v) is 9.54. The molecule has 158 valence electrons. The van der Waals surface area contributed by atoms with E-state index in [0.717, 1.165) is 39.6 Å². The zero-order valence-corrected chi connectivity index (χ0v) is 17.3. The maximum atomic E-state index is 11.0. The van der Waals surface area contributed by atoms with E-state index in [0.29, 0.717) is 0 Å². The van der Waals surface area contributed by atoms with Crippen LogP contribution in [0.2, 0.25) is 0 Å². The average Bonchev–Trinajstić information content (AvgIpc) is 3.38. The van der Waals surface area contributed by atoms with Crippen molar-refractivity contribution in [2.75, 3.05) is 14.2 Å². The van der Waals surface area contributed by atoms with Crippen LogP contribution in [0, 0.1) is 17.0 Å². The summed E-state index contributed by atoms with van der Waals surface area (Å²) in [5.41, 5.74) is 4.45. The maximum Gasteiger partial charge on any atom is 0.389 e. The monoisotopic (exact) mass is 419 g/mol. The molecule has 2 aromatic heterocycles. The summed E-state index contributed by atoms with van der Waals surface area (Å²) in [6, 6.07) is 16.7. The molecule has 0 atom stereocenters. The quantitative estimate of drug-likeness (QED) is 0.330. The predicted molar refractivity (Wildman–Crippen MR) is 115 cm³/mol. The van der Waals surface area contributed by atoms with E-state index < -0.39 is 4.92 Å². The van der Waals surface area contributed by atoms with Crippen molar-refractivity contribution < 1.29 is 14.4 Å². The van der Waals surface area contributed by atoms with Gasteiger partial charge in [0.05, 0.1) is 43.0 Å². The van der Waals surface area contributed by atoms with Crippen LogP contribution in [0.1, 0.15) is 5.56 Å². The van der Waals surface area contributed by atoms with Gasteiger partial charge in [-0.15, -0.1) is 0 Å². The molecule has 0 aliphatic carbocycles. The second-order valence-electron chi connectivity index (χ2n) is 6.90. The molecule has 0 unspecified atom stereocenters. The number of rotatable bonds is 7. The number of benzene rings is 2. The summed E-state index contributed by atoms with van der Waals surface area (Å²) in [5, 5.41) is 19.9. The first kappa shape index (κ1) is 20.1. The fourth-order valence-corrected chi connectivity index (χ4v) is 3.50. The molecule has 0 spiro atoms. The Hall–Kier alpha value is -4.14. The Balaban J connectivity index is 1.85. The molecule has 9 nitrogen and oxygen atoms in total. The van der Waals surface area contributed by atoms with Gasteiger partial charge in [-0.2, -0.15) is 9.78 Å². The standard InChI is InChI=1S/C22H21N5O4/c1-15-21(16-6-4-8-18(12-16)30-2)24-26(14-25-11-10-20(23-25)27(28)29)22(15)17-7-5-9-19(13-17)31-3/h4-13H,14H2,1-3H3. The molecule has 0 fully saturated rings. The summed E-state index contributed by atoms with van der Waals surface area (Å²) < 4.78 is 14.0. The summed E-state index contributed by atoms with van der Waals surface area (Å²) in [7, 11) is 3.24. The summed E-state index contributed by atoms with van der Waals surface area (Å²) in [5.74, 6) is 1.25. The minimum absolute atomic E-state index is 0.208. The number of hydrogen-bond donors (Lipinski definition) is 0. The van der Waals surface area contributed by atoms with Crippen LogP contribution in [0.15, 0.2) is 60.8 Å². The zero-order valence-electron chi connectivity index (χ0n) is 17.3. The summed E-state index contributed by atoms with van der Waals surface area (Å²) in [6.45, 7) is 2.21. The van der Waals surface area contributed by atoms with Gasteiger partial charge in [0.2, 0.25) is 0 Å². The zero-order chi connectivity index (χ0) is 22.0. The normalized spacial score (nSPS) is 10.8. The fraction of sp³-hybridized carbons (Fsp3) is 0.182. The van der Waals surface area contributed by atoms with Gasteiger partial charge in [0.1, 0.15) is 11.5 Å². The van der Waals surface area contributed by atoms with Crippen LogP contribution in [0.3, 0.4) is 0 Å². The predicted octanol–water partition coefficient (Wildman–Crippen LogP) is 4.15. The molecular formula is C22H21N5O4. The average molecular weight is 419 g/mol. The van der Waals surface area contributed by atoms with Crippen LogP contribution in [0.25, 0.3) is 22.5 Å². The molecule has 2 aromatic carbocycles. The molecule has 0 N–H and O–H groups in total. The molecule has 4 aromatic rings. The highest BCUT2D eigenvalue weighted by Gasteiger charge is 2.20. The Morgan fingerprint density at radius 3 is 2.23 bits per heavy atom. The van der Waals surface area contributed by atoms with Crippen LogP contribution in [-0.4, -0.2) is 38.7 Å². The number of ether oxygens (including phenoxy) is 2. The Morgan fingerprint density at radius 2 is 1.61 bits per heavy atom. The van der Waals surface area contributed by atoms with Gasteiger partial charge in [-0.05, 0) is 36.1 Å². The van der Waals surface area contributed by atoms with Crippen LogP contribution in [0.4, 0.5) is 5.82 Å². The van der Waals surface area contributed by atoms with Crippen molar-refractivity contribution >= 4 is 5.82 Å². The molecule has 31 heavy (non-hydrogen) atoms. The lowest BCUT2D eigenvalue weighted by Crippen LogP contribution is -2.12. The second kappa shape index (κ2) is 8.31. The van der Waals surface area contributed by atoms with Gasteiger partial charge in [-0.25, -0.2) is 4.68 Å². The van der Waals surface area contributed by atoms with Crippen LogP contribution >= 0.6 is 0 Å². The van der Waals surface area contributed by atoms with Gasteiger partial charge < -0.3 is 19.6 Å². The largest absolute Gasteiger partial charge is 0.497 e. The van der Waals surface area contributed by atoms with E-state index >= 15 is 0 Å². The summed E-state index contributed by atoms with van der Waals surface area (Å²) >= 11 is 0. The SMILES string of the molecule is COc1cccc(-c2nn(Cn3ccc([N+](=O)[O-])n3)c(-c3cccc(OC)c3)c2C)c1. The van der Waals surface area contributed by atoms with Gasteiger partial charge in [0.15, 0.2) is 6.67 Å². The molecule has 0 radical (unpaired) electrons. The Bertz CT molecular complexity index is 1240. The second-order valence-corrected chi connectivity index (χ2v) is 6.90. The number of hydrogen-bond acceptors (Lipinski definition) is 6. The van der Waals surface area contributed by atoms with Crippen molar-refractivity contribution in [3.63, 3.8) is 0 Å². The first-order chi connectivity index (χ1) is 15.0. The van der Waals surface area contributed by atoms with Gasteiger partial charge in [-0.3, -0.25) is 0 Å². The van der Waals surface area contributed by atoms with E-state index in [9.17, 15) is 10.1 Å². The maximum absolute atomic E-state index is 11.0. The van der Waals surface area contributed by atoms with E-state index in [-0.39, 0.29) is 12.5 Å². The van der Waals surface area contributed by atoms with E-state index in [4.69, 9.17) is 14.6 Å². The molecule has 4 rings (SSSR count). The smallest absolute Gasteiger partial charge is 0.389 e. The van der Waals surface area contributed by atoms with Crippen molar-refractivity contribution in [1.29, 1.82) is 0 Å². The van der Waals surface area contributed by atoms with Crippen LogP contribution < -0.4 is 9.47 Å². The number of nitro groups is 1. The highest BCUT2D eigenvalue weighted by molar-refractivity contribution is 5.75. The topological polar surface area (TPSA) is 97.2 Å². The molecule has 0 aliphatic heterocycles. The number of aromatic nitrogens is 4. The fourth-order valence-electron chi connectivity index (χ4n) is 3.50. The highest BCUT2D eigenvalue weighted by Crippen LogP contribution is 2.34. The van der Waals surface area contributed by atoms with Crippen molar-refractivity contribution in [3.05, 3.63) is 76.5 Å². The first-order valence-electron chi connectivity index (χ1n) is 9.54. The Labute approximate surface area is 178 Å². The highest BCUT2D eigenvalue weighted by atomic mass is 16.6. The lowest BCUT2D eigenvalue weighted by molar-refractivity contribution is -0.389. The molecule has 0 saturated carbocycles. The lowest BCUT2D eigenvalue weighted by Gasteiger charge is -2.09. The minimum atomic E-state index is -0.518. The summed E-state index contributed by atoms with van der Waals surface area (Å²) in [4.78, 5) is 10.5. The molecule has 0 amide bonds. The van der Waals surface area contributed by atoms with E-state index in [1.165, 1.54) is 10.7 Å².